The summed E-state index contributed by atoms with van der Waals surface area (Å²) in [6.45, 7) is 0.303. The number of aryl methyl sites for hydroxylation is 1. The number of imide groups is 1. The fourth-order valence-corrected chi connectivity index (χ4v) is 6.30. The van der Waals surface area contributed by atoms with E-state index < -0.39 is 53.6 Å². The first-order valence-corrected chi connectivity index (χ1v) is 12.5. The maximum absolute atomic E-state index is 13.6. The van der Waals surface area contributed by atoms with Crippen LogP contribution in [0.4, 0.5) is 11.4 Å². The molecular weight excluding hydrogens is 502 g/mol. The predicted molar refractivity (Wildman–Crippen MR) is 138 cm³/mol. The number of ether oxygens (including phenoxy) is 1. The number of nitrogens with one attached hydrogen (secondary N) is 1. The lowest BCUT2D eigenvalue weighted by Crippen LogP contribution is -2.41. The third kappa shape index (κ3) is 3.87. The van der Waals surface area contributed by atoms with Crippen molar-refractivity contribution >= 4 is 35.1 Å². The molecule has 3 aromatic carbocycles. The van der Waals surface area contributed by atoms with E-state index in [1.54, 1.807) is 6.92 Å². The smallest absolute Gasteiger partial charge is 0.326 e. The average molecular weight is 526 g/mol. The molecule has 3 aromatic rings. The van der Waals surface area contributed by atoms with Crippen molar-refractivity contribution in [2.75, 3.05) is 18.5 Å². The Morgan fingerprint density at radius 2 is 1.41 bits per heavy atom. The fraction of sp³-hybridized carbons (Fsp3) is 0.241. The number of esters is 1. The van der Waals surface area contributed by atoms with Gasteiger partial charge in [-0.05, 0) is 35.2 Å². The molecule has 39 heavy (non-hydrogen) atoms. The number of hydrogen-bond acceptors (Lipinski definition) is 7. The first kappa shape index (κ1) is 24.5. The topological polar surface area (TPSA) is 136 Å². The van der Waals surface area contributed by atoms with Crippen molar-refractivity contribution < 1.29 is 28.8 Å². The van der Waals surface area contributed by atoms with Gasteiger partial charge in [-0.1, -0.05) is 54.6 Å². The lowest BCUT2D eigenvalue weighted by Gasteiger charge is -2.45. The molecule has 2 atom stereocenters. The normalized spacial score (nSPS) is 22.1. The molecule has 0 saturated carbocycles. The van der Waals surface area contributed by atoms with Crippen LogP contribution in [-0.4, -0.2) is 46.7 Å². The first-order chi connectivity index (χ1) is 18.8. The molecule has 1 fully saturated rings. The molecule has 0 unspecified atom stereocenters. The van der Waals surface area contributed by atoms with Crippen LogP contribution in [-0.2, 0) is 23.9 Å². The average Bonchev–Trinajstić information content (AvgIpc) is 3.18. The van der Waals surface area contributed by atoms with Gasteiger partial charge in [0.2, 0.25) is 11.8 Å². The number of nitro groups is 1. The van der Waals surface area contributed by atoms with Crippen LogP contribution in [0.25, 0.3) is 0 Å². The molecule has 1 aliphatic heterocycles. The van der Waals surface area contributed by atoms with E-state index in [1.165, 1.54) is 18.2 Å². The van der Waals surface area contributed by atoms with Gasteiger partial charge in [0.15, 0.2) is 6.61 Å². The minimum Gasteiger partial charge on any atom is -0.454 e. The highest BCUT2D eigenvalue weighted by atomic mass is 16.6. The summed E-state index contributed by atoms with van der Waals surface area (Å²) >= 11 is 0. The molecule has 0 aromatic heterocycles. The van der Waals surface area contributed by atoms with Gasteiger partial charge in [-0.15, -0.1) is 0 Å². The first-order valence-electron chi connectivity index (χ1n) is 12.5. The predicted octanol–water partition coefficient (Wildman–Crippen LogP) is 3.28. The zero-order valence-corrected chi connectivity index (χ0v) is 20.8. The van der Waals surface area contributed by atoms with Crippen molar-refractivity contribution in [2.45, 2.75) is 18.8 Å². The Labute approximate surface area is 222 Å². The van der Waals surface area contributed by atoms with Gasteiger partial charge in [0.1, 0.15) is 6.54 Å². The minimum absolute atomic E-state index is 0.157. The number of benzene rings is 3. The fourth-order valence-electron chi connectivity index (χ4n) is 6.30. The van der Waals surface area contributed by atoms with Gasteiger partial charge in [-0.25, -0.2) is 0 Å². The van der Waals surface area contributed by atoms with Crippen molar-refractivity contribution in [1.29, 1.82) is 0 Å². The molecule has 1 N–H and O–H groups in total. The quantitative estimate of drug-likeness (QED) is 0.226. The number of carbonyl (C=O) groups is 4. The third-order valence-corrected chi connectivity index (χ3v) is 7.88. The van der Waals surface area contributed by atoms with Crippen LogP contribution in [0.3, 0.4) is 0 Å². The summed E-state index contributed by atoms with van der Waals surface area (Å²) in [5.74, 6) is -4.24. The highest BCUT2D eigenvalue weighted by molar-refractivity contribution is 6.09. The van der Waals surface area contributed by atoms with Crippen LogP contribution in [0.2, 0.25) is 0 Å². The Bertz CT molecular complexity index is 1470. The van der Waals surface area contributed by atoms with Crippen LogP contribution in [0.15, 0.2) is 66.7 Å². The van der Waals surface area contributed by atoms with Gasteiger partial charge >= 0.3 is 5.97 Å². The van der Waals surface area contributed by atoms with Crippen LogP contribution in [0.5, 0.6) is 0 Å². The SMILES string of the molecule is Cc1ccc(NC(=O)COC(=O)CN2C(=O)[C@@H]3C4c5ccccc5C(c5ccccc54)[C@H]3C2=O)cc1[N+](=O)[O-]. The number of anilines is 1. The monoisotopic (exact) mass is 525 g/mol. The van der Waals surface area contributed by atoms with Crippen molar-refractivity contribution in [3.63, 3.8) is 0 Å². The van der Waals surface area contributed by atoms with E-state index in [0.29, 0.717) is 5.56 Å². The zero-order valence-electron chi connectivity index (χ0n) is 20.8. The van der Waals surface area contributed by atoms with Crippen LogP contribution >= 0.6 is 0 Å². The number of nitro benzene ring substituents is 1. The molecule has 1 heterocycles. The van der Waals surface area contributed by atoms with Gasteiger partial charge in [0, 0.05) is 29.2 Å². The Hall–Kier alpha value is -4.86. The summed E-state index contributed by atoms with van der Waals surface area (Å²) in [5, 5.41) is 13.6. The van der Waals surface area contributed by atoms with Gasteiger partial charge < -0.3 is 10.1 Å². The van der Waals surface area contributed by atoms with Crippen molar-refractivity contribution in [3.05, 3.63) is 105 Å². The number of hydrogen-bond donors (Lipinski definition) is 1. The van der Waals surface area contributed by atoms with E-state index >= 15 is 0 Å². The van der Waals surface area contributed by atoms with Crippen molar-refractivity contribution in [2.24, 2.45) is 11.8 Å². The van der Waals surface area contributed by atoms with Crippen LogP contribution < -0.4 is 5.32 Å². The molecule has 196 valence electrons. The molecule has 7 rings (SSSR count). The molecule has 0 spiro atoms. The van der Waals surface area contributed by atoms with Crippen molar-refractivity contribution in [3.8, 4) is 0 Å². The molecule has 3 aliphatic carbocycles. The summed E-state index contributed by atoms with van der Waals surface area (Å²) in [7, 11) is 0. The number of carbonyl (C=O) groups excluding carboxylic acids is 4. The van der Waals surface area contributed by atoms with Crippen LogP contribution in [0.1, 0.15) is 39.7 Å². The van der Waals surface area contributed by atoms with E-state index in [2.05, 4.69) is 5.32 Å². The van der Waals surface area contributed by atoms with Gasteiger partial charge in [-0.3, -0.25) is 34.2 Å². The molecule has 0 radical (unpaired) electrons. The third-order valence-electron chi connectivity index (χ3n) is 7.88. The van der Waals surface area contributed by atoms with Crippen LogP contribution in [0, 0.1) is 28.9 Å². The van der Waals surface area contributed by atoms with E-state index in [9.17, 15) is 29.3 Å². The summed E-state index contributed by atoms with van der Waals surface area (Å²) in [6.07, 6.45) is 0. The maximum atomic E-state index is 13.6. The number of amides is 3. The molecular formula is C29H23N3O7. The summed E-state index contributed by atoms with van der Waals surface area (Å²) in [5.41, 5.74) is 4.57. The summed E-state index contributed by atoms with van der Waals surface area (Å²) in [6, 6.07) is 19.9. The second kappa shape index (κ2) is 9.16. The number of likely N-dealkylation sites (tertiary alicyclic amines) is 1. The summed E-state index contributed by atoms with van der Waals surface area (Å²) < 4.78 is 5.05. The largest absolute Gasteiger partial charge is 0.454 e. The molecule has 1 saturated heterocycles. The van der Waals surface area contributed by atoms with Gasteiger partial charge in [-0.2, -0.15) is 0 Å². The molecule has 10 nitrogen and oxygen atoms in total. The Morgan fingerprint density at radius 3 is 1.90 bits per heavy atom. The Morgan fingerprint density at radius 1 is 0.897 bits per heavy atom. The lowest BCUT2D eigenvalue weighted by molar-refractivity contribution is -0.385. The maximum Gasteiger partial charge on any atom is 0.326 e. The molecule has 10 heteroatoms. The Balaban J connectivity index is 1.15. The minimum atomic E-state index is -0.900. The number of nitrogens with zero attached hydrogens (tertiary/aromatic N) is 2. The molecule has 4 aliphatic rings. The van der Waals surface area contributed by atoms with Crippen molar-refractivity contribution in [1.82, 2.24) is 4.90 Å². The second-order valence-corrected chi connectivity index (χ2v) is 9.99. The second-order valence-electron chi connectivity index (χ2n) is 9.99. The Kier molecular flexibility index (Phi) is 5.75. The highest BCUT2D eigenvalue weighted by Crippen LogP contribution is 2.60. The van der Waals surface area contributed by atoms with E-state index in [-0.39, 0.29) is 23.2 Å². The van der Waals surface area contributed by atoms with E-state index in [0.717, 1.165) is 27.2 Å². The molecule has 3 amide bonds. The van der Waals surface area contributed by atoms with E-state index in [4.69, 9.17) is 4.74 Å². The lowest BCUT2D eigenvalue weighted by atomic mass is 9.55. The standard InChI is InChI=1S/C29H23N3O7/c1-15-10-11-16(12-21(15)32(37)38)30-22(33)14-39-23(34)13-31-28(35)26-24-17-6-2-3-7-18(17)25(27(26)29(31)36)20-9-5-4-8-19(20)24/h2-12,24-27H,13-14H2,1H3,(H,30,33)/t24?,25?,26-,27-/m1/s1. The number of rotatable bonds is 6. The molecule has 2 bridgehead atoms. The van der Waals surface area contributed by atoms with Gasteiger partial charge in [0.25, 0.3) is 11.6 Å². The summed E-state index contributed by atoms with van der Waals surface area (Å²) in [4.78, 5) is 63.5. The zero-order chi connectivity index (χ0) is 27.4. The van der Waals surface area contributed by atoms with Gasteiger partial charge in [0.05, 0.1) is 16.8 Å². The van der Waals surface area contributed by atoms with E-state index in [1.807, 2.05) is 48.5 Å². The highest BCUT2D eigenvalue weighted by Gasteiger charge is 2.61.